The Balaban J connectivity index is 1.43. The molecule has 0 spiro atoms. The van der Waals surface area contributed by atoms with E-state index in [0.717, 1.165) is 23.4 Å². The molecule has 0 aliphatic carbocycles. The number of benzene rings is 4. The summed E-state index contributed by atoms with van der Waals surface area (Å²) in [6, 6.07) is 27.6. The molecule has 0 bridgehead atoms. The van der Waals surface area contributed by atoms with Gasteiger partial charge in [0.05, 0.1) is 33.0 Å². The predicted molar refractivity (Wildman–Crippen MR) is 158 cm³/mol. The minimum atomic E-state index is -4.36. The molecule has 210 valence electrons. The monoisotopic (exact) mass is 582 g/mol. The third-order valence-electron chi connectivity index (χ3n) is 6.08. The SMILES string of the molecule is O=C(O)c1ccccc1NS(=O)(=O)c1ccc(NN=Cc2cn(-c3ccccc3)nc2-c2ccccc2)c([N+](=O)[O-])c1. The van der Waals surface area contributed by atoms with E-state index in [9.17, 15) is 28.4 Å². The fourth-order valence-corrected chi connectivity index (χ4v) is 5.17. The number of aromatic carboxylic acids is 1. The zero-order valence-electron chi connectivity index (χ0n) is 21.7. The maximum atomic E-state index is 13.0. The highest BCUT2D eigenvalue weighted by atomic mass is 32.2. The Kier molecular flexibility index (Phi) is 7.75. The summed E-state index contributed by atoms with van der Waals surface area (Å²) < 4.78 is 29.8. The summed E-state index contributed by atoms with van der Waals surface area (Å²) in [5.41, 5.74) is 4.49. The Bertz CT molecular complexity index is 1910. The first-order valence-corrected chi connectivity index (χ1v) is 13.8. The number of hydrogen-bond donors (Lipinski definition) is 3. The van der Waals surface area contributed by atoms with E-state index in [1.54, 1.807) is 10.9 Å². The number of hydrogen-bond acceptors (Lipinski definition) is 8. The fourth-order valence-electron chi connectivity index (χ4n) is 4.07. The van der Waals surface area contributed by atoms with Crippen molar-refractivity contribution in [3.8, 4) is 16.9 Å². The van der Waals surface area contributed by atoms with Gasteiger partial charge in [-0.15, -0.1) is 0 Å². The van der Waals surface area contributed by atoms with Crippen LogP contribution in [0.3, 0.4) is 0 Å². The molecule has 0 atom stereocenters. The number of nitrogens with one attached hydrogen (secondary N) is 2. The summed E-state index contributed by atoms with van der Waals surface area (Å²) in [4.78, 5) is 22.1. The molecule has 12 nitrogen and oxygen atoms in total. The van der Waals surface area contributed by atoms with Crippen LogP contribution in [0.1, 0.15) is 15.9 Å². The number of sulfonamides is 1. The van der Waals surface area contributed by atoms with E-state index in [2.05, 4.69) is 15.2 Å². The summed E-state index contributed by atoms with van der Waals surface area (Å²) in [5, 5.41) is 30.1. The lowest BCUT2D eigenvalue weighted by Gasteiger charge is -2.11. The van der Waals surface area contributed by atoms with Crippen LogP contribution in [-0.2, 0) is 10.0 Å². The summed E-state index contributed by atoms with van der Waals surface area (Å²) in [7, 11) is -4.36. The molecule has 5 rings (SSSR count). The van der Waals surface area contributed by atoms with Crippen LogP contribution in [0.2, 0.25) is 0 Å². The van der Waals surface area contributed by atoms with Gasteiger partial charge in [-0.25, -0.2) is 17.9 Å². The Morgan fingerprint density at radius 3 is 2.29 bits per heavy atom. The van der Waals surface area contributed by atoms with E-state index < -0.39 is 31.5 Å². The van der Waals surface area contributed by atoms with E-state index in [1.165, 1.54) is 36.5 Å². The van der Waals surface area contributed by atoms with Crippen LogP contribution in [0.4, 0.5) is 17.1 Å². The number of para-hydroxylation sites is 2. The van der Waals surface area contributed by atoms with Gasteiger partial charge in [0.2, 0.25) is 0 Å². The Morgan fingerprint density at radius 1 is 0.929 bits per heavy atom. The standard InChI is InChI=1S/C29H22N6O6S/c36-29(37)24-13-7-8-14-25(24)33-42(40,41)23-15-16-26(27(17-23)35(38)39)31-30-18-21-19-34(22-11-5-2-6-12-22)32-28(21)20-9-3-1-4-10-20/h1-19,31,33H,(H,36,37). The molecule has 0 unspecified atom stereocenters. The first-order chi connectivity index (χ1) is 20.2. The van der Waals surface area contributed by atoms with Crippen molar-refractivity contribution >= 4 is 39.3 Å². The van der Waals surface area contributed by atoms with Gasteiger partial charge in [-0.3, -0.25) is 20.3 Å². The average molecular weight is 583 g/mol. The molecule has 1 heterocycles. The minimum Gasteiger partial charge on any atom is -0.478 e. The number of carboxylic acid groups (broad SMARTS) is 1. The Morgan fingerprint density at radius 2 is 1.60 bits per heavy atom. The smallest absolute Gasteiger partial charge is 0.337 e. The second kappa shape index (κ2) is 11.7. The number of carboxylic acids is 1. The third kappa shape index (κ3) is 6.00. The van der Waals surface area contributed by atoms with Gasteiger partial charge < -0.3 is 5.11 Å². The van der Waals surface area contributed by atoms with E-state index in [1.807, 2.05) is 60.7 Å². The van der Waals surface area contributed by atoms with Crippen molar-refractivity contribution < 1.29 is 23.2 Å². The van der Waals surface area contributed by atoms with Gasteiger partial charge in [0, 0.05) is 23.4 Å². The molecule has 0 aliphatic heterocycles. The molecule has 0 amide bonds. The zero-order valence-corrected chi connectivity index (χ0v) is 22.5. The Labute approximate surface area is 239 Å². The van der Waals surface area contributed by atoms with Crippen LogP contribution in [0.15, 0.2) is 119 Å². The van der Waals surface area contributed by atoms with Gasteiger partial charge in [-0.05, 0) is 36.4 Å². The largest absolute Gasteiger partial charge is 0.478 e. The van der Waals surface area contributed by atoms with Gasteiger partial charge in [0.15, 0.2) is 0 Å². The summed E-state index contributed by atoms with van der Waals surface area (Å²) >= 11 is 0. The average Bonchev–Trinajstić information content (AvgIpc) is 3.42. The van der Waals surface area contributed by atoms with Crippen molar-refractivity contribution in [2.24, 2.45) is 5.10 Å². The van der Waals surface area contributed by atoms with Crippen LogP contribution >= 0.6 is 0 Å². The molecule has 0 saturated carbocycles. The molecular formula is C29H22N6O6S. The molecular weight excluding hydrogens is 560 g/mol. The van der Waals surface area contributed by atoms with Crippen LogP contribution < -0.4 is 10.1 Å². The van der Waals surface area contributed by atoms with Gasteiger partial charge in [-0.1, -0.05) is 60.7 Å². The molecule has 3 N–H and O–H groups in total. The molecule has 42 heavy (non-hydrogen) atoms. The molecule has 1 aromatic heterocycles. The lowest BCUT2D eigenvalue weighted by Crippen LogP contribution is -2.16. The molecule has 0 fully saturated rings. The van der Waals surface area contributed by atoms with E-state index in [0.29, 0.717) is 11.3 Å². The summed E-state index contributed by atoms with van der Waals surface area (Å²) in [6.07, 6.45) is 3.24. The van der Waals surface area contributed by atoms with Crippen molar-refractivity contribution in [1.29, 1.82) is 0 Å². The lowest BCUT2D eigenvalue weighted by molar-refractivity contribution is -0.384. The minimum absolute atomic E-state index is 0.0575. The fraction of sp³-hybridized carbons (Fsp3) is 0. The normalized spacial score (nSPS) is 11.3. The first kappa shape index (κ1) is 27.7. The predicted octanol–water partition coefficient (Wildman–Crippen LogP) is 5.39. The van der Waals surface area contributed by atoms with E-state index >= 15 is 0 Å². The Hall–Kier alpha value is -5.82. The van der Waals surface area contributed by atoms with Crippen LogP contribution in [0.25, 0.3) is 16.9 Å². The molecule has 13 heteroatoms. The maximum absolute atomic E-state index is 13.0. The van der Waals surface area contributed by atoms with E-state index in [4.69, 9.17) is 5.10 Å². The molecule has 0 saturated heterocycles. The number of nitro groups is 1. The highest BCUT2D eigenvalue weighted by molar-refractivity contribution is 7.92. The third-order valence-corrected chi connectivity index (χ3v) is 7.44. The lowest BCUT2D eigenvalue weighted by atomic mass is 10.1. The maximum Gasteiger partial charge on any atom is 0.337 e. The van der Waals surface area contributed by atoms with Crippen molar-refractivity contribution in [3.05, 3.63) is 131 Å². The number of hydrazone groups is 1. The highest BCUT2D eigenvalue weighted by Crippen LogP contribution is 2.29. The number of nitrogens with zero attached hydrogens (tertiary/aromatic N) is 4. The van der Waals surface area contributed by atoms with Crippen LogP contribution in [0, 0.1) is 10.1 Å². The quantitative estimate of drug-likeness (QED) is 0.112. The molecule has 0 radical (unpaired) electrons. The number of nitro benzene ring substituents is 1. The van der Waals surface area contributed by atoms with Gasteiger partial charge in [0.1, 0.15) is 11.4 Å². The number of rotatable bonds is 10. The van der Waals surface area contributed by atoms with Crippen molar-refractivity contribution in [2.45, 2.75) is 4.90 Å². The van der Waals surface area contributed by atoms with Crippen molar-refractivity contribution in [1.82, 2.24) is 9.78 Å². The van der Waals surface area contributed by atoms with Crippen LogP contribution in [-0.4, -0.2) is 40.4 Å². The number of carbonyl (C=O) groups is 1. The topological polar surface area (TPSA) is 169 Å². The van der Waals surface area contributed by atoms with E-state index in [-0.39, 0.29) is 16.9 Å². The van der Waals surface area contributed by atoms with Gasteiger partial charge >= 0.3 is 5.97 Å². The summed E-state index contributed by atoms with van der Waals surface area (Å²) in [5.74, 6) is -1.33. The second-order valence-corrected chi connectivity index (χ2v) is 10.5. The van der Waals surface area contributed by atoms with Crippen molar-refractivity contribution in [2.75, 3.05) is 10.1 Å². The molecule has 4 aromatic carbocycles. The van der Waals surface area contributed by atoms with Crippen molar-refractivity contribution in [3.63, 3.8) is 0 Å². The van der Waals surface area contributed by atoms with Crippen LogP contribution in [0.5, 0.6) is 0 Å². The van der Waals surface area contributed by atoms with Gasteiger partial charge in [0.25, 0.3) is 15.7 Å². The molecule has 5 aromatic rings. The second-order valence-electron chi connectivity index (χ2n) is 8.84. The summed E-state index contributed by atoms with van der Waals surface area (Å²) in [6.45, 7) is 0. The number of aromatic nitrogens is 2. The zero-order chi connectivity index (χ0) is 29.7. The number of anilines is 2. The highest BCUT2D eigenvalue weighted by Gasteiger charge is 2.23. The molecule has 0 aliphatic rings. The first-order valence-electron chi connectivity index (χ1n) is 12.4. The van der Waals surface area contributed by atoms with Gasteiger partial charge in [-0.2, -0.15) is 10.2 Å².